The lowest BCUT2D eigenvalue weighted by Crippen LogP contribution is -2.20. The zero-order chi connectivity index (χ0) is 14.1. The Morgan fingerprint density at radius 1 is 1.25 bits per heavy atom. The smallest absolute Gasteiger partial charge is 0.337 e. The molecule has 2 aromatic rings. The maximum Gasteiger partial charge on any atom is 0.337 e. The van der Waals surface area contributed by atoms with Crippen molar-refractivity contribution in [2.45, 2.75) is 32.1 Å². The SMILES string of the molecule is O=C(Cc1cc[nH]c1)On1c(O)c2c(c1O)CCCC2. The van der Waals surface area contributed by atoms with Gasteiger partial charge in [0, 0.05) is 23.5 Å². The Kier molecular flexibility index (Phi) is 3.14. The maximum atomic E-state index is 11.8. The minimum absolute atomic E-state index is 0.0746. The van der Waals surface area contributed by atoms with Crippen molar-refractivity contribution < 1.29 is 19.8 Å². The third kappa shape index (κ3) is 2.13. The van der Waals surface area contributed by atoms with E-state index < -0.39 is 5.97 Å². The fraction of sp³-hybridized carbons (Fsp3) is 0.357. The van der Waals surface area contributed by atoms with Gasteiger partial charge < -0.3 is 20.0 Å². The topological polar surface area (TPSA) is 87.5 Å². The molecule has 0 spiro atoms. The van der Waals surface area contributed by atoms with E-state index in [2.05, 4.69) is 4.98 Å². The molecular formula is C14H16N2O4. The summed E-state index contributed by atoms with van der Waals surface area (Å²) >= 11 is 0. The van der Waals surface area contributed by atoms with E-state index in [1.54, 1.807) is 18.5 Å². The summed E-state index contributed by atoms with van der Waals surface area (Å²) in [6, 6.07) is 1.77. The average Bonchev–Trinajstić information content (AvgIpc) is 3.03. The van der Waals surface area contributed by atoms with E-state index in [0.717, 1.165) is 23.1 Å². The van der Waals surface area contributed by atoms with Crippen LogP contribution in [0.1, 0.15) is 29.5 Å². The fourth-order valence-corrected chi connectivity index (χ4v) is 2.60. The van der Waals surface area contributed by atoms with E-state index in [0.29, 0.717) is 24.0 Å². The lowest BCUT2D eigenvalue weighted by molar-refractivity contribution is -0.144. The van der Waals surface area contributed by atoms with Crippen molar-refractivity contribution in [2.75, 3.05) is 0 Å². The quantitative estimate of drug-likeness (QED) is 0.788. The summed E-state index contributed by atoms with van der Waals surface area (Å²) in [5, 5.41) is 20.1. The monoisotopic (exact) mass is 276 g/mol. The molecule has 2 heterocycles. The van der Waals surface area contributed by atoms with Crippen molar-refractivity contribution in [3.63, 3.8) is 0 Å². The molecule has 0 unspecified atom stereocenters. The molecule has 0 saturated carbocycles. The normalized spacial score (nSPS) is 14.0. The molecule has 1 aliphatic rings. The first-order valence-electron chi connectivity index (χ1n) is 6.64. The van der Waals surface area contributed by atoms with Gasteiger partial charge in [0.25, 0.3) is 0 Å². The maximum absolute atomic E-state index is 11.8. The molecule has 0 fully saturated rings. The molecule has 0 saturated heterocycles. The molecule has 0 radical (unpaired) electrons. The molecule has 0 bridgehead atoms. The third-order valence-electron chi connectivity index (χ3n) is 3.60. The van der Waals surface area contributed by atoms with Crippen LogP contribution < -0.4 is 4.84 Å². The molecule has 3 rings (SSSR count). The molecule has 0 amide bonds. The minimum atomic E-state index is -0.539. The van der Waals surface area contributed by atoms with E-state index in [-0.39, 0.29) is 18.2 Å². The zero-order valence-electron chi connectivity index (χ0n) is 10.9. The van der Waals surface area contributed by atoms with E-state index in [1.165, 1.54) is 0 Å². The molecule has 20 heavy (non-hydrogen) atoms. The first kappa shape index (κ1) is 12.7. The Hall–Kier alpha value is -2.37. The average molecular weight is 276 g/mol. The number of aromatic nitrogens is 2. The molecule has 6 heteroatoms. The number of nitrogens with zero attached hydrogens (tertiary/aromatic N) is 1. The Morgan fingerprint density at radius 3 is 2.45 bits per heavy atom. The molecule has 6 nitrogen and oxygen atoms in total. The van der Waals surface area contributed by atoms with Gasteiger partial charge in [0.15, 0.2) is 0 Å². The number of carbonyl (C=O) groups is 1. The number of aromatic amines is 1. The first-order valence-corrected chi connectivity index (χ1v) is 6.64. The Labute approximate surface area is 115 Å². The van der Waals surface area contributed by atoms with Gasteiger partial charge in [0.2, 0.25) is 11.8 Å². The number of hydrogen-bond acceptors (Lipinski definition) is 4. The summed E-state index contributed by atoms with van der Waals surface area (Å²) in [5.41, 5.74) is 2.15. The van der Waals surface area contributed by atoms with Crippen LogP contribution in [0.3, 0.4) is 0 Å². The molecule has 0 atom stereocenters. The summed E-state index contributed by atoms with van der Waals surface area (Å²) < 4.78 is 0.838. The second kappa shape index (κ2) is 4.96. The van der Waals surface area contributed by atoms with Gasteiger partial charge >= 0.3 is 5.97 Å². The first-order chi connectivity index (χ1) is 9.66. The van der Waals surface area contributed by atoms with Gasteiger partial charge in [-0.2, -0.15) is 0 Å². The minimum Gasteiger partial charge on any atom is -0.492 e. The molecule has 106 valence electrons. The van der Waals surface area contributed by atoms with Gasteiger partial charge in [-0.05, 0) is 37.3 Å². The van der Waals surface area contributed by atoms with Crippen LogP contribution in [0.5, 0.6) is 11.8 Å². The molecular weight excluding hydrogens is 260 g/mol. The largest absolute Gasteiger partial charge is 0.492 e. The molecule has 1 aliphatic carbocycles. The molecule has 0 aromatic carbocycles. The summed E-state index contributed by atoms with van der Waals surface area (Å²) in [6.07, 6.45) is 6.79. The Balaban J connectivity index is 1.80. The van der Waals surface area contributed by atoms with Crippen molar-refractivity contribution in [1.82, 2.24) is 9.71 Å². The highest BCUT2D eigenvalue weighted by molar-refractivity contribution is 5.73. The lowest BCUT2D eigenvalue weighted by Gasteiger charge is -2.09. The van der Waals surface area contributed by atoms with Crippen LogP contribution in [0.2, 0.25) is 0 Å². The van der Waals surface area contributed by atoms with E-state index in [1.807, 2.05) is 0 Å². The predicted octanol–water partition coefficient (Wildman–Crippen LogP) is 1.30. The lowest BCUT2D eigenvalue weighted by atomic mass is 9.95. The van der Waals surface area contributed by atoms with Crippen molar-refractivity contribution in [1.29, 1.82) is 0 Å². The van der Waals surface area contributed by atoms with Crippen molar-refractivity contribution >= 4 is 5.97 Å². The van der Waals surface area contributed by atoms with Crippen LogP contribution in [0, 0.1) is 0 Å². The number of fused-ring (bicyclic) bond motifs is 1. The van der Waals surface area contributed by atoms with Crippen molar-refractivity contribution in [3.05, 3.63) is 35.2 Å². The van der Waals surface area contributed by atoms with Gasteiger partial charge in [0.05, 0.1) is 6.42 Å². The van der Waals surface area contributed by atoms with Crippen LogP contribution in [-0.4, -0.2) is 25.9 Å². The highest BCUT2D eigenvalue weighted by Gasteiger charge is 2.26. The third-order valence-corrected chi connectivity index (χ3v) is 3.60. The Bertz CT molecular complexity index is 599. The standard InChI is InChI=1S/C14H16N2O4/c17-12(7-9-5-6-15-8-9)20-16-13(18)10-3-1-2-4-11(10)14(16)19/h5-6,8,15,18-19H,1-4,7H2. The van der Waals surface area contributed by atoms with Gasteiger partial charge in [0.1, 0.15) is 0 Å². The fourth-order valence-electron chi connectivity index (χ4n) is 2.60. The van der Waals surface area contributed by atoms with Crippen LogP contribution in [0.25, 0.3) is 0 Å². The second-order valence-electron chi connectivity index (χ2n) is 4.97. The van der Waals surface area contributed by atoms with Crippen molar-refractivity contribution in [3.8, 4) is 11.8 Å². The summed E-state index contributed by atoms with van der Waals surface area (Å²) in [5.74, 6) is -0.873. The highest BCUT2D eigenvalue weighted by atomic mass is 16.7. The molecule has 3 N–H and O–H groups in total. The van der Waals surface area contributed by atoms with E-state index in [9.17, 15) is 15.0 Å². The van der Waals surface area contributed by atoms with Gasteiger partial charge in [-0.3, -0.25) is 0 Å². The summed E-state index contributed by atoms with van der Waals surface area (Å²) in [4.78, 5) is 19.7. The van der Waals surface area contributed by atoms with Gasteiger partial charge in [-0.1, -0.05) is 0 Å². The Morgan fingerprint density at radius 2 is 1.90 bits per heavy atom. The zero-order valence-corrected chi connectivity index (χ0v) is 10.9. The molecule has 2 aromatic heterocycles. The predicted molar refractivity (Wildman–Crippen MR) is 70.5 cm³/mol. The molecule has 0 aliphatic heterocycles. The number of nitrogens with one attached hydrogen (secondary N) is 1. The highest BCUT2D eigenvalue weighted by Crippen LogP contribution is 2.37. The van der Waals surface area contributed by atoms with Crippen LogP contribution in [-0.2, 0) is 24.1 Å². The second-order valence-corrected chi connectivity index (χ2v) is 4.97. The van der Waals surface area contributed by atoms with Crippen LogP contribution in [0.4, 0.5) is 0 Å². The van der Waals surface area contributed by atoms with Gasteiger partial charge in [-0.15, -0.1) is 4.73 Å². The summed E-state index contributed by atoms with van der Waals surface area (Å²) in [6.45, 7) is 0. The van der Waals surface area contributed by atoms with Gasteiger partial charge in [-0.25, -0.2) is 4.79 Å². The van der Waals surface area contributed by atoms with Crippen LogP contribution >= 0.6 is 0 Å². The number of hydrogen-bond donors (Lipinski definition) is 3. The van der Waals surface area contributed by atoms with E-state index in [4.69, 9.17) is 4.84 Å². The number of aromatic hydroxyl groups is 2. The van der Waals surface area contributed by atoms with Crippen LogP contribution in [0.15, 0.2) is 18.5 Å². The van der Waals surface area contributed by atoms with E-state index >= 15 is 0 Å². The number of rotatable bonds is 3. The van der Waals surface area contributed by atoms with Crippen molar-refractivity contribution in [2.24, 2.45) is 0 Å². The number of H-pyrrole nitrogens is 1. The summed E-state index contributed by atoms with van der Waals surface area (Å²) in [7, 11) is 0. The number of carbonyl (C=O) groups excluding carboxylic acids is 1.